The van der Waals surface area contributed by atoms with Crippen LogP contribution >= 0.6 is 11.8 Å². The fraction of sp³-hybridized carbons (Fsp3) is 0.500. The molecule has 96 valence electrons. The molecule has 1 aliphatic carbocycles. The molecular formula is C14H18N2OS. The van der Waals surface area contributed by atoms with Crippen LogP contribution in [0.4, 0.5) is 0 Å². The molecule has 0 amide bonds. The first-order chi connectivity index (χ1) is 8.72. The van der Waals surface area contributed by atoms with E-state index in [0.29, 0.717) is 5.25 Å². The third kappa shape index (κ3) is 2.40. The molecule has 0 unspecified atom stereocenters. The number of hydrogen-bond donors (Lipinski definition) is 2. The summed E-state index contributed by atoms with van der Waals surface area (Å²) in [6.45, 7) is 2.08. The van der Waals surface area contributed by atoms with Gasteiger partial charge in [0, 0.05) is 5.25 Å². The first-order valence-electron chi connectivity index (χ1n) is 6.53. The van der Waals surface area contributed by atoms with Crippen LogP contribution in [0.25, 0.3) is 11.0 Å². The average Bonchev–Trinajstić information content (AvgIpc) is 2.73. The molecule has 3 rings (SSSR count). The Labute approximate surface area is 111 Å². The maximum absolute atomic E-state index is 9.99. The summed E-state index contributed by atoms with van der Waals surface area (Å²) in [5.74, 6) is 0. The molecule has 2 atom stereocenters. The molecule has 2 aromatic rings. The zero-order chi connectivity index (χ0) is 12.5. The number of imidazole rings is 1. The van der Waals surface area contributed by atoms with Crippen LogP contribution in [0.1, 0.15) is 31.2 Å². The summed E-state index contributed by atoms with van der Waals surface area (Å²) in [6, 6.07) is 6.24. The van der Waals surface area contributed by atoms with Gasteiger partial charge in [0.05, 0.1) is 17.1 Å². The van der Waals surface area contributed by atoms with Crippen molar-refractivity contribution in [2.75, 3.05) is 0 Å². The predicted octanol–water partition coefficient (Wildman–Crippen LogP) is 3.27. The average molecular weight is 262 g/mol. The van der Waals surface area contributed by atoms with Crippen LogP contribution in [0.15, 0.2) is 23.4 Å². The summed E-state index contributed by atoms with van der Waals surface area (Å²) in [6.07, 6.45) is 4.20. The van der Waals surface area contributed by atoms with Gasteiger partial charge in [0.2, 0.25) is 0 Å². The van der Waals surface area contributed by atoms with E-state index in [-0.39, 0.29) is 6.10 Å². The highest BCUT2D eigenvalue weighted by Crippen LogP contribution is 2.33. The minimum atomic E-state index is -0.182. The molecule has 1 aromatic heterocycles. The Morgan fingerprint density at radius 2 is 2.17 bits per heavy atom. The van der Waals surface area contributed by atoms with Gasteiger partial charge in [-0.1, -0.05) is 30.7 Å². The van der Waals surface area contributed by atoms with E-state index < -0.39 is 0 Å². The Morgan fingerprint density at radius 1 is 1.33 bits per heavy atom. The Morgan fingerprint density at radius 3 is 3.00 bits per heavy atom. The van der Waals surface area contributed by atoms with E-state index in [1.807, 2.05) is 6.07 Å². The molecule has 0 saturated heterocycles. The summed E-state index contributed by atoms with van der Waals surface area (Å²) in [7, 11) is 0. The maximum atomic E-state index is 9.99. The van der Waals surface area contributed by atoms with Crippen LogP contribution in [-0.2, 0) is 0 Å². The number of fused-ring (bicyclic) bond motifs is 1. The first-order valence-corrected chi connectivity index (χ1v) is 7.41. The van der Waals surface area contributed by atoms with Gasteiger partial charge in [0.15, 0.2) is 5.16 Å². The second kappa shape index (κ2) is 4.94. The van der Waals surface area contributed by atoms with Crippen molar-refractivity contribution in [3.8, 4) is 0 Å². The van der Waals surface area contributed by atoms with Gasteiger partial charge in [-0.05, 0) is 37.5 Å². The third-order valence-electron chi connectivity index (χ3n) is 3.55. The second-order valence-corrected chi connectivity index (χ2v) is 6.30. The molecule has 18 heavy (non-hydrogen) atoms. The van der Waals surface area contributed by atoms with E-state index >= 15 is 0 Å². The molecule has 4 heteroatoms. The number of aromatic nitrogens is 2. The number of aliphatic hydroxyl groups excluding tert-OH is 1. The van der Waals surface area contributed by atoms with Crippen LogP contribution in [0.3, 0.4) is 0 Å². The first kappa shape index (κ1) is 12.1. The largest absolute Gasteiger partial charge is 0.392 e. The number of nitrogens with one attached hydrogen (secondary N) is 1. The monoisotopic (exact) mass is 262 g/mol. The number of thioether (sulfide) groups is 1. The van der Waals surface area contributed by atoms with Crippen LogP contribution in [0, 0.1) is 6.92 Å². The van der Waals surface area contributed by atoms with Crippen molar-refractivity contribution >= 4 is 22.8 Å². The Bertz CT molecular complexity index is 552. The standard InChI is InChI=1S/C14H18N2OS/c1-9-6-7-10-11(8-9)16-14(15-10)18-13-5-3-2-4-12(13)17/h6-8,12-13,17H,2-5H2,1H3,(H,15,16)/t12-,13-/m1/s1. The lowest BCUT2D eigenvalue weighted by Crippen LogP contribution is -2.26. The molecule has 0 bridgehead atoms. The zero-order valence-electron chi connectivity index (χ0n) is 10.5. The Hall–Kier alpha value is -1.00. The van der Waals surface area contributed by atoms with Gasteiger partial charge in [-0.25, -0.2) is 4.98 Å². The number of aromatic amines is 1. The van der Waals surface area contributed by atoms with Gasteiger partial charge in [0.25, 0.3) is 0 Å². The number of aryl methyl sites for hydroxylation is 1. The molecule has 2 N–H and O–H groups in total. The van der Waals surface area contributed by atoms with Crippen molar-refractivity contribution in [2.24, 2.45) is 0 Å². The van der Waals surface area contributed by atoms with Crippen molar-refractivity contribution in [1.29, 1.82) is 0 Å². The quantitative estimate of drug-likeness (QED) is 0.873. The van der Waals surface area contributed by atoms with Crippen molar-refractivity contribution in [1.82, 2.24) is 9.97 Å². The molecule has 3 nitrogen and oxygen atoms in total. The normalized spacial score (nSPS) is 24.6. The lowest BCUT2D eigenvalue weighted by molar-refractivity contribution is 0.137. The predicted molar refractivity (Wildman–Crippen MR) is 75.0 cm³/mol. The van der Waals surface area contributed by atoms with Gasteiger partial charge in [-0.3, -0.25) is 0 Å². The summed E-state index contributed by atoms with van der Waals surface area (Å²) in [5.41, 5.74) is 3.33. The summed E-state index contributed by atoms with van der Waals surface area (Å²) >= 11 is 1.69. The minimum absolute atomic E-state index is 0.182. The van der Waals surface area contributed by atoms with E-state index in [2.05, 4.69) is 29.0 Å². The van der Waals surface area contributed by atoms with Crippen molar-refractivity contribution < 1.29 is 5.11 Å². The van der Waals surface area contributed by atoms with Crippen LogP contribution in [0.2, 0.25) is 0 Å². The van der Waals surface area contributed by atoms with Crippen molar-refractivity contribution in [3.05, 3.63) is 23.8 Å². The van der Waals surface area contributed by atoms with Gasteiger partial charge >= 0.3 is 0 Å². The molecule has 1 saturated carbocycles. The molecule has 1 aliphatic rings. The number of hydrogen-bond acceptors (Lipinski definition) is 3. The highest BCUT2D eigenvalue weighted by Gasteiger charge is 2.24. The summed E-state index contributed by atoms with van der Waals surface area (Å²) in [4.78, 5) is 7.92. The lowest BCUT2D eigenvalue weighted by Gasteiger charge is -2.25. The number of nitrogens with zero attached hydrogens (tertiary/aromatic N) is 1. The smallest absolute Gasteiger partial charge is 0.166 e. The van der Waals surface area contributed by atoms with Gasteiger partial charge in [-0.15, -0.1) is 0 Å². The van der Waals surface area contributed by atoms with Gasteiger partial charge in [0.1, 0.15) is 0 Å². The number of aliphatic hydroxyl groups is 1. The number of rotatable bonds is 2. The maximum Gasteiger partial charge on any atom is 0.166 e. The van der Waals surface area contributed by atoms with Crippen LogP contribution in [-0.4, -0.2) is 26.4 Å². The molecule has 0 radical (unpaired) electrons. The topological polar surface area (TPSA) is 48.9 Å². The van der Waals surface area contributed by atoms with E-state index in [1.54, 1.807) is 11.8 Å². The van der Waals surface area contributed by atoms with Crippen LogP contribution in [0.5, 0.6) is 0 Å². The van der Waals surface area contributed by atoms with E-state index in [4.69, 9.17) is 0 Å². The highest BCUT2D eigenvalue weighted by molar-refractivity contribution is 7.99. The van der Waals surface area contributed by atoms with Crippen molar-refractivity contribution in [2.45, 2.75) is 49.1 Å². The van der Waals surface area contributed by atoms with Gasteiger partial charge in [-0.2, -0.15) is 0 Å². The third-order valence-corrected chi connectivity index (χ3v) is 4.82. The molecule has 0 spiro atoms. The highest BCUT2D eigenvalue weighted by atomic mass is 32.2. The fourth-order valence-electron chi connectivity index (χ4n) is 2.51. The lowest BCUT2D eigenvalue weighted by atomic mass is 9.97. The molecule has 1 fully saturated rings. The molecule has 0 aliphatic heterocycles. The Balaban J connectivity index is 1.81. The van der Waals surface area contributed by atoms with Gasteiger partial charge < -0.3 is 10.1 Å². The number of benzene rings is 1. The SMILES string of the molecule is Cc1ccc2nc(S[C@@H]3CCCC[C@H]3O)[nH]c2c1. The van der Waals surface area contributed by atoms with Crippen molar-refractivity contribution in [3.63, 3.8) is 0 Å². The Kier molecular flexibility index (Phi) is 3.31. The van der Waals surface area contributed by atoms with E-state index in [0.717, 1.165) is 35.5 Å². The van der Waals surface area contributed by atoms with Crippen LogP contribution < -0.4 is 0 Å². The fourth-order valence-corrected chi connectivity index (χ4v) is 3.70. The molecule has 1 aromatic carbocycles. The van der Waals surface area contributed by atoms with E-state index in [9.17, 15) is 5.11 Å². The second-order valence-electron chi connectivity index (χ2n) is 5.07. The zero-order valence-corrected chi connectivity index (χ0v) is 11.3. The molecule has 1 heterocycles. The number of H-pyrrole nitrogens is 1. The minimum Gasteiger partial charge on any atom is -0.392 e. The summed E-state index contributed by atoms with van der Waals surface area (Å²) in [5, 5.41) is 11.2. The summed E-state index contributed by atoms with van der Waals surface area (Å²) < 4.78 is 0. The van der Waals surface area contributed by atoms with E-state index in [1.165, 1.54) is 12.0 Å². The molecular weight excluding hydrogens is 244 g/mol.